The van der Waals surface area contributed by atoms with Gasteiger partial charge >= 0.3 is 0 Å². The van der Waals surface area contributed by atoms with Crippen molar-refractivity contribution in [2.45, 2.75) is 33.7 Å². The highest BCUT2D eigenvalue weighted by Crippen LogP contribution is 2.34. The summed E-state index contributed by atoms with van der Waals surface area (Å²) in [7, 11) is 0. The largest absolute Gasteiger partial charge is 0.346 e. The van der Waals surface area contributed by atoms with Crippen molar-refractivity contribution >= 4 is 23.4 Å². The normalized spacial score (nSPS) is 13.9. The first-order chi connectivity index (χ1) is 14.8. The van der Waals surface area contributed by atoms with E-state index in [0.29, 0.717) is 16.8 Å². The third-order valence-corrected chi connectivity index (χ3v) is 5.65. The number of aryl methyl sites for hydroxylation is 3. The molecule has 0 radical (unpaired) electrons. The van der Waals surface area contributed by atoms with E-state index in [1.54, 1.807) is 12.1 Å². The molecule has 0 saturated carbocycles. The number of imide groups is 1. The van der Waals surface area contributed by atoms with Gasteiger partial charge in [-0.2, -0.15) is 0 Å². The molecule has 31 heavy (non-hydrogen) atoms. The van der Waals surface area contributed by atoms with Gasteiger partial charge in [-0.25, -0.2) is 4.90 Å². The van der Waals surface area contributed by atoms with Gasteiger partial charge in [0.05, 0.1) is 22.9 Å². The van der Waals surface area contributed by atoms with Crippen LogP contribution in [0.5, 0.6) is 0 Å². The Hall–Kier alpha value is -3.73. The van der Waals surface area contributed by atoms with Crippen LogP contribution in [0.4, 0.5) is 5.69 Å². The molecule has 5 heteroatoms. The maximum Gasteiger partial charge on any atom is 0.266 e. The maximum atomic E-state index is 13.2. The van der Waals surface area contributed by atoms with E-state index in [2.05, 4.69) is 5.32 Å². The Balaban J connectivity index is 1.63. The van der Waals surface area contributed by atoms with Gasteiger partial charge in [-0.3, -0.25) is 14.4 Å². The van der Waals surface area contributed by atoms with Gasteiger partial charge in [0.2, 0.25) is 0 Å². The number of fused-ring (bicyclic) bond motifs is 1. The maximum absolute atomic E-state index is 13.2. The van der Waals surface area contributed by atoms with Crippen molar-refractivity contribution in [3.05, 3.63) is 99.6 Å². The average molecular weight is 412 g/mol. The molecular weight excluding hydrogens is 388 g/mol. The molecule has 4 rings (SSSR count). The van der Waals surface area contributed by atoms with Gasteiger partial charge in [0.1, 0.15) is 0 Å². The molecule has 3 amide bonds. The van der Waals surface area contributed by atoms with Crippen LogP contribution in [-0.2, 0) is 0 Å². The predicted molar refractivity (Wildman–Crippen MR) is 121 cm³/mol. The summed E-state index contributed by atoms with van der Waals surface area (Å²) in [6.45, 7) is 7.67. The Morgan fingerprint density at radius 3 is 2.10 bits per heavy atom. The summed E-state index contributed by atoms with van der Waals surface area (Å²) in [6, 6.07) is 18.0. The second-order valence-electron chi connectivity index (χ2n) is 8.06. The van der Waals surface area contributed by atoms with Crippen molar-refractivity contribution in [3.8, 4) is 0 Å². The molecule has 1 N–H and O–H groups in total. The zero-order chi connectivity index (χ0) is 22.3. The van der Waals surface area contributed by atoms with E-state index in [4.69, 9.17) is 0 Å². The number of nitrogens with one attached hydrogen (secondary N) is 1. The molecular formula is C26H24N2O3. The molecule has 1 aliphatic heterocycles. The average Bonchev–Trinajstić information content (AvgIpc) is 2.98. The van der Waals surface area contributed by atoms with Crippen LogP contribution in [-0.4, -0.2) is 17.7 Å². The molecule has 0 spiro atoms. The predicted octanol–water partition coefficient (Wildman–Crippen LogP) is 4.90. The highest BCUT2D eigenvalue weighted by molar-refractivity contribution is 6.35. The van der Waals surface area contributed by atoms with Crippen LogP contribution in [0.1, 0.15) is 66.3 Å². The molecule has 0 saturated heterocycles. The minimum atomic E-state index is -0.402. The highest BCUT2D eigenvalue weighted by Gasteiger charge is 2.38. The zero-order valence-electron chi connectivity index (χ0n) is 18.0. The number of hydrogen-bond donors (Lipinski definition) is 1. The molecule has 5 nitrogen and oxygen atoms in total. The number of amides is 3. The van der Waals surface area contributed by atoms with Gasteiger partial charge in [0.15, 0.2) is 0 Å². The van der Waals surface area contributed by atoms with Crippen LogP contribution >= 0.6 is 0 Å². The molecule has 1 unspecified atom stereocenters. The van der Waals surface area contributed by atoms with Crippen LogP contribution < -0.4 is 10.2 Å². The first kappa shape index (κ1) is 20.5. The number of hydrogen-bond acceptors (Lipinski definition) is 3. The van der Waals surface area contributed by atoms with E-state index < -0.39 is 5.91 Å². The zero-order valence-corrected chi connectivity index (χ0v) is 18.0. The van der Waals surface area contributed by atoms with Crippen LogP contribution in [0.25, 0.3) is 0 Å². The van der Waals surface area contributed by atoms with Gasteiger partial charge in [0.25, 0.3) is 17.7 Å². The van der Waals surface area contributed by atoms with Gasteiger partial charge in [0, 0.05) is 5.56 Å². The van der Waals surface area contributed by atoms with Crippen molar-refractivity contribution in [2.24, 2.45) is 0 Å². The summed E-state index contributed by atoms with van der Waals surface area (Å²) in [5, 5.41) is 2.95. The summed E-state index contributed by atoms with van der Waals surface area (Å²) in [6.07, 6.45) is 0. The second kappa shape index (κ2) is 7.84. The lowest BCUT2D eigenvalue weighted by molar-refractivity contribution is 0.0921. The van der Waals surface area contributed by atoms with E-state index >= 15 is 0 Å². The van der Waals surface area contributed by atoms with Crippen molar-refractivity contribution < 1.29 is 14.4 Å². The van der Waals surface area contributed by atoms with Crippen molar-refractivity contribution in [1.29, 1.82) is 0 Å². The lowest BCUT2D eigenvalue weighted by atomic mass is 10.0. The number of carbonyl (C=O) groups is 3. The first-order valence-electron chi connectivity index (χ1n) is 10.2. The number of anilines is 1. The van der Waals surface area contributed by atoms with Crippen molar-refractivity contribution in [1.82, 2.24) is 5.32 Å². The molecule has 0 fully saturated rings. The Morgan fingerprint density at radius 2 is 1.45 bits per heavy atom. The van der Waals surface area contributed by atoms with Crippen LogP contribution in [0.2, 0.25) is 0 Å². The highest BCUT2D eigenvalue weighted by atomic mass is 16.2. The third kappa shape index (κ3) is 3.63. The summed E-state index contributed by atoms with van der Waals surface area (Å²) >= 11 is 0. The van der Waals surface area contributed by atoms with Crippen LogP contribution in [0.3, 0.4) is 0 Å². The van der Waals surface area contributed by atoms with E-state index in [-0.39, 0.29) is 23.4 Å². The third-order valence-electron chi connectivity index (χ3n) is 5.65. The topological polar surface area (TPSA) is 66.5 Å². The summed E-state index contributed by atoms with van der Waals surface area (Å²) in [4.78, 5) is 40.3. The lowest BCUT2D eigenvalue weighted by Crippen LogP contribution is -2.30. The Labute approximate surface area is 181 Å². The fraction of sp³-hybridized carbons (Fsp3) is 0.192. The van der Waals surface area contributed by atoms with E-state index in [1.807, 2.05) is 70.2 Å². The van der Waals surface area contributed by atoms with Gasteiger partial charge in [-0.15, -0.1) is 0 Å². The summed E-state index contributed by atoms with van der Waals surface area (Å²) in [5.41, 5.74) is 5.31. The minimum absolute atomic E-state index is 0.186. The summed E-state index contributed by atoms with van der Waals surface area (Å²) < 4.78 is 0. The second-order valence-corrected chi connectivity index (χ2v) is 8.06. The fourth-order valence-corrected chi connectivity index (χ4v) is 4.22. The van der Waals surface area contributed by atoms with Crippen molar-refractivity contribution in [2.75, 3.05) is 4.90 Å². The Bertz CT molecular complexity index is 1190. The molecule has 3 aromatic carbocycles. The standard InChI is InChI=1S/C26H24N2O3/c1-15-12-16(2)23(17(3)13-15)28-25(30)21-11-10-20(14-22(21)26(28)31)24(29)27-18(4)19-8-6-5-7-9-19/h5-14,18H,1-4H3,(H,27,29). The van der Waals surface area contributed by atoms with Crippen LogP contribution in [0, 0.1) is 20.8 Å². The van der Waals surface area contributed by atoms with E-state index in [1.165, 1.54) is 11.0 Å². The Morgan fingerprint density at radius 1 is 0.839 bits per heavy atom. The fourth-order valence-electron chi connectivity index (χ4n) is 4.22. The first-order valence-corrected chi connectivity index (χ1v) is 10.2. The van der Waals surface area contributed by atoms with Gasteiger partial charge < -0.3 is 5.32 Å². The van der Waals surface area contributed by atoms with Crippen molar-refractivity contribution in [3.63, 3.8) is 0 Å². The van der Waals surface area contributed by atoms with E-state index in [9.17, 15) is 14.4 Å². The van der Waals surface area contributed by atoms with E-state index in [0.717, 1.165) is 22.3 Å². The quantitative estimate of drug-likeness (QED) is 0.620. The van der Waals surface area contributed by atoms with Gasteiger partial charge in [-0.1, -0.05) is 48.0 Å². The Kier molecular flexibility index (Phi) is 5.19. The number of nitrogens with zero attached hydrogens (tertiary/aromatic N) is 1. The molecule has 0 bridgehead atoms. The molecule has 1 heterocycles. The molecule has 3 aromatic rings. The number of benzene rings is 3. The molecule has 1 atom stereocenters. The number of rotatable bonds is 4. The van der Waals surface area contributed by atoms with Gasteiger partial charge in [-0.05, 0) is 62.6 Å². The van der Waals surface area contributed by atoms with Crippen LogP contribution in [0.15, 0.2) is 60.7 Å². The smallest absolute Gasteiger partial charge is 0.266 e. The molecule has 1 aliphatic rings. The lowest BCUT2D eigenvalue weighted by Gasteiger charge is -2.20. The number of carbonyl (C=O) groups excluding carboxylic acids is 3. The molecule has 0 aromatic heterocycles. The summed E-state index contributed by atoms with van der Waals surface area (Å²) in [5.74, 6) is -1.05. The minimum Gasteiger partial charge on any atom is -0.346 e. The molecule has 156 valence electrons. The monoisotopic (exact) mass is 412 g/mol. The SMILES string of the molecule is Cc1cc(C)c(N2C(=O)c3ccc(C(=O)NC(C)c4ccccc4)cc3C2=O)c(C)c1. The molecule has 0 aliphatic carbocycles.